The molecule has 1 aliphatic carbocycles. The lowest BCUT2D eigenvalue weighted by Gasteiger charge is -2.17. The van der Waals surface area contributed by atoms with Crippen molar-refractivity contribution in [2.45, 2.75) is 12.8 Å². The summed E-state index contributed by atoms with van der Waals surface area (Å²) < 4.78 is 0. The van der Waals surface area contributed by atoms with E-state index >= 15 is 0 Å². The van der Waals surface area contributed by atoms with Gasteiger partial charge in [-0.2, -0.15) is 11.8 Å². The zero-order chi connectivity index (χ0) is 6.10. The van der Waals surface area contributed by atoms with Gasteiger partial charge in [-0.1, -0.05) is 12.2 Å². The minimum Gasteiger partial charge on any atom is -0.161 e. The van der Waals surface area contributed by atoms with Crippen molar-refractivity contribution in [2.24, 2.45) is 11.8 Å². The molecule has 0 unspecified atom stereocenters. The van der Waals surface area contributed by atoms with Gasteiger partial charge in [0, 0.05) is 0 Å². The molecule has 0 aromatic rings. The molecule has 2 aliphatic rings. The molecule has 1 heterocycles. The summed E-state index contributed by atoms with van der Waals surface area (Å²) in [6, 6.07) is 0. The van der Waals surface area contributed by atoms with Crippen LogP contribution < -0.4 is 0 Å². The number of thioether (sulfide) groups is 1. The Bertz CT molecular complexity index is 129. The number of hydrogen-bond donors (Lipinski definition) is 0. The molecule has 1 heteroatoms. The van der Waals surface area contributed by atoms with Crippen LogP contribution in [0.15, 0.2) is 12.2 Å². The Hall–Kier alpha value is 0.0900. The van der Waals surface area contributed by atoms with Gasteiger partial charge in [-0.05, 0) is 36.2 Å². The van der Waals surface area contributed by atoms with Crippen LogP contribution in [0.2, 0.25) is 0 Å². The third-order valence-electron chi connectivity index (χ3n) is 2.34. The van der Waals surface area contributed by atoms with E-state index in [2.05, 4.69) is 23.9 Å². The normalized spacial score (nSPS) is 40.9. The summed E-state index contributed by atoms with van der Waals surface area (Å²) in [5, 5.41) is 0. The van der Waals surface area contributed by atoms with Crippen LogP contribution in [0, 0.1) is 11.8 Å². The molecular formula is C8H12S. The number of fused-ring (bicyclic) bond motifs is 1. The molecule has 50 valence electrons. The van der Waals surface area contributed by atoms with Crippen LogP contribution in [0.4, 0.5) is 0 Å². The highest BCUT2D eigenvalue weighted by Crippen LogP contribution is 2.36. The fourth-order valence-electron chi connectivity index (χ4n) is 1.71. The van der Waals surface area contributed by atoms with E-state index in [1.54, 1.807) is 0 Å². The first kappa shape index (κ1) is 5.84. The second kappa shape index (κ2) is 2.37. The van der Waals surface area contributed by atoms with Crippen molar-refractivity contribution in [3.05, 3.63) is 12.2 Å². The smallest absolute Gasteiger partial charge is 0.000139 e. The summed E-state index contributed by atoms with van der Waals surface area (Å²) in [6.07, 6.45) is 7.57. The van der Waals surface area contributed by atoms with E-state index in [0.717, 1.165) is 11.8 Å². The largest absolute Gasteiger partial charge is 0.161 e. The average molecular weight is 140 g/mol. The van der Waals surface area contributed by atoms with Crippen LogP contribution in [0.5, 0.6) is 0 Å². The van der Waals surface area contributed by atoms with Crippen LogP contribution in [0.3, 0.4) is 0 Å². The Balaban J connectivity index is 2.10. The molecule has 2 atom stereocenters. The maximum absolute atomic E-state index is 2.42. The average Bonchev–Trinajstić information content (AvgIpc) is 2.33. The van der Waals surface area contributed by atoms with Crippen molar-refractivity contribution >= 4 is 11.8 Å². The Morgan fingerprint density at radius 2 is 2.33 bits per heavy atom. The van der Waals surface area contributed by atoms with Crippen LogP contribution >= 0.6 is 11.8 Å². The zero-order valence-corrected chi connectivity index (χ0v) is 6.36. The van der Waals surface area contributed by atoms with E-state index < -0.39 is 0 Å². The van der Waals surface area contributed by atoms with E-state index in [9.17, 15) is 0 Å². The standard InChI is InChI=1S/C8H12S/c1-2-4-8-6-9-5-7(8)3-1/h1,3,7-8H,2,4-6H2/t7-,8-/m1/s1. The molecule has 1 aliphatic heterocycles. The first-order chi connectivity index (χ1) is 4.47. The van der Waals surface area contributed by atoms with E-state index in [1.807, 2.05) is 0 Å². The molecule has 0 aromatic carbocycles. The molecule has 1 saturated heterocycles. The van der Waals surface area contributed by atoms with E-state index in [1.165, 1.54) is 24.3 Å². The highest BCUT2D eigenvalue weighted by atomic mass is 32.2. The second-order valence-electron chi connectivity index (χ2n) is 2.97. The van der Waals surface area contributed by atoms with E-state index in [-0.39, 0.29) is 0 Å². The van der Waals surface area contributed by atoms with Gasteiger partial charge in [-0.15, -0.1) is 0 Å². The van der Waals surface area contributed by atoms with Crippen LogP contribution in [0.1, 0.15) is 12.8 Å². The predicted molar refractivity (Wildman–Crippen MR) is 42.7 cm³/mol. The van der Waals surface area contributed by atoms with Gasteiger partial charge >= 0.3 is 0 Å². The summed E-state index contributed by atoms with van der Waals surface area (Å²) in [5.74, 6) is 4.81. The van der Waals surface area contributed by atoms with Crippen molar-refractivity contribution in [3.8, 4) is 0 Å². The summed E-state index contributed by atoms with van der Waals surface area (Å²) in [4.78, 5) is 0. The SMILES string of the molecule is C1=C[C@@H]2CSC[C@H]2CC1. The summed E-state index contributed by atoms with van der Waals surface area (Å²) in [5.41, 5.74) is 0. The molecular weight excluding hydrogens is 128 g/mol. The van der Waals surface area contributed by atoms with Gasteiger partial charge in [0.15, 0.2) is 0 Å². The van der Waals surface area contributed by atoms with Gasteiger partial charge in [0.1, 0.15) is 0 Å². The molecule has 9 heavy (non-hydrogen) atoms. The fraction of sp³-hybridized carbons (Fsp3) is 0.750. The van der Waals surface area contributed by atoms with Crippen molar-refractivity contribution in [1.29, 1.82) is 0 Å². The summed E-state index contributed by atoms with van der Waals surface area (Å²) in [7, 11) is 0. The number of rotatable bonds is 0. The molecule has 0 nitrogen and oxygen atoms in total. The highest BCUT2D eigenvalue weighted by Gasteiger charge is 2.26. The molecule has 2 rings (SSSR count). The Morgan fingerprint density at radius 3 is 3.22 bits per heavy atom. The Kier molecular flexibility index (Phi) is 1.54. The predicted octanol–water partition coefficient (Wildman–Crippen LogP) is 2.32. The van der Waals surface area contributed by atoms with Crippen molar-refractivity contribution < 1.29 is 0 Å². The van der Waals surface area contributed by atoms with Gasteiger partial charge in [0.2, 0.25) is 0 Å². The minimum atomic E-state index is 0.948. The summed E-state index contributed by atoms with van der Waals surface area (Å²) >= 11 is 2.13. The van der Waals surface area contributed by atoms with Crippen molar-refractivity contribution in [1.82, 2.24) is 0 Å². The number of allylic oxidation sites excluding steroid dienone is 2. The summed E-state index contributed by atoms with van der Waals surface area (Å²) in [6.45, 7) is 0. The highest BCUT2D eigenvalue weighted by molar-refractivity contribution is 7.99. The fourth-order valence-corrected chi connectivity index (χ4v) is 3.21. The van der Waals surface area contributed by atoms with E-state index in [4.69, 9.17) is 0 Å². The van der Waals surface area contributed by atoms with E-state index in [0.29, 0.717) is 0 Å². The number of hydrogen-bond acceptors (Lipinski definition) is 1. The topological polar surface area (TPSA) is 0 Å². The Labute approximate surface area is 60.7 Å². The molecule has 0 aromatic heterocycles. The van der Waals surface area contributed by atoms with Gasteiger partial charge in [0.05, 0.1) is 0 Å². The van der Waals surface area contributed by atoms with Crippen LogP contribution in [0.25, 0.3) is 0 Å². The molecule has 0 amide bonds. The molecule has 0 spiro atoms. The first-order valence-electron chi connectivity index (χ1n) is 3.71. The lowest BCUT2D eigenvalue weighted by Crippen LogP contribution is -2.12. The quantitative estimate of drug-likeness (QED) is 0.465. The molecule has 0 radical (unpaired) electrons. The zero-order valence-electron chi connectivity index (χ0n) is 5.55. The molecule has 1 fully saturated rings. The molecule has 0 N–H and O–H groups in total. The van der Waals surface area contributed by atoms with Gasteiger partial charge < -0.3 is 0 Å². The maximum atomic E-state index is 2.42. The third kappa shape index (κ3) is 1.03. The van der Waals surface area contributed by atoms with Gasteiger partial charge in [-0.25, -0.2) is 0 Å². The van der Waals surface area contributed by atoms with Crippen LogP contribution in [-0.4, -0.2) is 11.5 Å². The molecule has 0 saturated carbocycles. The Morgan fingerprint density at radius 1 is 1.33 bits per heavy atom. The van der Waals surface area contributed by atoms with Gasteiger partial charge in [0.25, 0.3) is 0 Å². The maximum Gasteiger partial charge on any atom is -0.000139 e. The second-order valence-corrected chi connectivity index (χ2v) is 4.04. The lowest BCUT2D eigenvalue weighted by molar-refractivity contribution is 0.444. The first-order valence-corrected chi connectivity index (χ1v) is 4.87. The minimum absolute atomic E-state index is 0.948. The molecule has 0 bridgehead atoms. The third-order valence-corrected chi connectivity index (χ3v) is 3.62. The van der Waals surface area contributed by atoms with Gasteiger partial charge in [-0.3, -0.25) is 0 Å². The van der Waals surface area contributed by atoms with Crippen molar-refractivity contribution in [3.63, 3.8) is 0 Å². The lowest BCUT2D eigenvalue weighted by atomic mass is 9.87. The van der Waals surface area contributed by atoms with Crippen LogP contribution in [-0.2, 0) is 0 Å². The van der Waals surface area contributed by atoms with Crippen molar-refractivity contribution in [2.75, 3.05) is 11.5 Å². The monoisotopic (exact) mass is 140 g/mol.